The minimum Gasteiger partial charge on any atom is -0.356 e. The van der Waals surface area contributed by atoms with Crippen molar-refractivity contribution in [3.8, 4) is 0 Å². The number of carbonyl (C=O) groups excluding carboxylic acids is 1. The summed E-state index contributed by atoms with van der Waals surface area (Å²) >= 11 is 7.70. The number of benzene rings is 2. The van der Waals surface area contributed by atoms with E-state index in [4.69, 9.17) is 21.6 Å². The Hall–Kier alpha value is -3.16. The van der Waals surface area contributed by atoms with Gasteiger partial charge in [0.2, 0.25) is 0 Å². The zero-order valence-corrected chi connectivity index (χ0v) is 21.4. The number of Topliss-reactive ketones (excluding diaryl/α,β-unsaturated/α-hetero) is 1. The summed E-state index contributed by atoms with van der Waals surface area (Å²) in [5, 5.41) is 4.58. The molecule has 3 aliphatic rings. The van der Waals surface area contributed by atoms with Crippen LogP contribution in [0.5, 0.6) is 0 Å². The summed E-state index contributed by atoms with van der Waals surface area (Å²) in [5.41, 5.74) is 2.93. The van der Waals surface area contributed by atoms with Crippen LogP contribution in [0.15, 0.2) is 81.3 Å². The normalized spacial score (nSPS) is 16.9. The zero-order chi connectivity index (χ0) is 24.5. The molecule has 182 valence electrons. The van der Waals surface area contributed by atoms with Crippen LogP contribution in [0, 0.1) is 5.92 Å². The second-order valence-electron chi connectivity index (χ2n) is 9.38. The van der Waals surface area contributed by atoms with Crippen LogP contribution in [0.3, 0.4) is 0 Å². The van der Waals surface area contributed by atoms with Crippen molar-refractivity contribution in [3.05, 3.63) is 82.4 Å². The molecule has 6 rings (SSSR count). The van der Waals surface area contributed by atoms with Gasteiger partial charge in [0.1, 0.15) is 17.5 Å². The Bertz CT molecular complexity index is 1360. The predicted molar refractivity (Wildman–Crippen MR) is 146 cm³/mol. The first kappa shape index (κ1) is 23.3. The Labute approximate surface area is 219 Å². The number of rotatable bonds is 8. The Morgan fingerprint density at radius 3 is 2.61 bits per heavy atom. The van der Waals surface area contributed by atoms with E-state index >= 15 is 0 Å². The molecule has 36 heavy (non-hydrogen) atoms. The third kappa shape index (κ3) is 5.32. The maximum absolute atomic E-state index is 12.7. The van der Waals surface area contributed by atoms with E-state index in [1.807, 2.05) is 42.5 Å². The third-order valence-corrected chi connectivity index (χ3v) is 7.86. The number of nitrogens with zero attached hydrogens (tertiary/aromatic N) is 4. The molecule has 0 atom stereocenters. The fraction of sp³-hybridized carbons (Fsp3) is 0.286. The number of anilines is 2. The summed E-state index contributed by atoms with van der Waals surface area (Å²) in [6.07, 6.45) is 6.24. The smallest absolute Gasteiger partial charge is 0.196 e. The lowest BCUT2D eigenvalue weighted by atomic mass is 10.0. The lowest BCUT2D eigenvalue weighted by Crippen LogP contribution is -2.37. The van der Waals surface area contributed by atoms with Crippen molar-refractivity contribution in [3.63, 3.8) is 0 Å². The fourth-order valence-corrected chi connectivity index (χ4v) is 5.34. The van der Waals surface area contributed by atoms with E-state index in [0.717, 1.165) is 53.5 Å². The molecule has 3 heterocycles. The molecule has 0 unspecified atom stereocenters. The van der Waals surface area contributed by atoms with Crippen molar-refractivity contribution in [2.24, 2.45) is 10.9 Å². The van der Waals surface area contributed by atoms with Crippen molar-refractivity contribution >= 4 is 46.6 Å². The lowest BCUT2D eigenvalue weighted by Gasteiger charge is -2.32. The molecule has 6 nitrogen and oxygen atoms in total. The van der Waals surface area contributed by atoms with Gasteiger partial charge in [0.25, 0.3) is 0 Å². The molecule has 1 saturated carbocycles. The van der Waals surface area contributed by atoms with E-state index in [1.165, 1.54) is 36.6 Å². The Morgan fingerprint density at radius 1 is 1.08 bits per heavy atom. The van der Waals surface area contributed by atoms with Crippen LogP contribution in [0.25, 0.3) is 0 Å². The Kier molecular flexibility index (Phi) is 6.50. The standard InChI is InChI=1S/C28H26ClN5OS/c29-23-5-2-1-4-22(23)24(35)14-18-6-10-21(11-7-18)36-28-32-26(16-27(33-28)34-12-3-13-34)31-25-15-20(17-30-25)19-8-9-19/h1-2,4-7,10-11,15-16,19H,3,8-9,12-14,17H2,(H,30,31,32,33). The second kappa shape index (κ2) is 10.1. The summed E-state index contributed by atoms with van der Waals surface area (Å²) in [7, 11) is 0. The van der Waals surface area contributed by atoms with Gasteiger partial charge in [0.15, 0.2) is 10.9 Å². The van der Waals surface area contributed by atoms with Crippen LogP contribution < -0.4 is 10.2 Å². The highest BCUT2D eigenvalue weighted by Gasteiger charge is 2.28. The molecule has 1 saturated heterocycles. The van der Waals surface area contributed by atoms with Crippen molar-refractivity contribution < 1.29 is 4.79 Å². The molecule has 0 spiro atoms. The van der Waals surface area contributed by atoms with E-state index in [0.29, 0.717) is 22.2 Å². The molecule has 3 aromatic rings. The van der Waals surface area contributed by atoms with Gasteiger partial charge < -0.3 is 10.2 Å². The van der Waals surface area contributed by atoms with Gasteiger partial charge in [-0.15, -0.1) is 0 Å². The first-order valence-corrected chi connectivity index (χ1v) is 13.5. The highest BCUT2D eigenvalue weighted by atomic mass is 35.5. The van der Waals surface area contributed by atoms with Gasteiger partial charge in [0, 0.05) is 36.0 Å². The molecule has 8 heteroatoms. The van der Waals surface area contributed by atoms with Crippen LogP contribution in [0.2, 0.25) is 5.02 Å². The molecular formula is C28H26ClN5OS. The predicted octanol–water partition coefficient (Wildman–Crippen LogP) is 6.08. The zero-order valence-electron chi connectivity index (χ0n) is 19.8. The molecule has 0 bridgehead atoms. The number of hydrogen-bond donors (Lipinski definition) is 1. The van der Waals surface area contributed by atoms with Gasteiger partial charge in [-0.05, 0) is 78.4 Å². The number of aromatic nitrogens is 2. The Morgan fingerprint density at radius 2 is 1.89 bits per heavy atom. The average Bonchev–Trinajstić information content (AvgIpc) is 3.58. The maximum Gasteiger partial charge on any atom is 0.196 e. The highest BCUT2D eigenvalue weighted by Crippen LogP contribution is 2.38. The fourth-order valence-electron chi connectivity index (χ4n) is 4.33. The summed E-state index contributed by atoms with van der Waals surface area (Å²) < 4.78 is 0. The quantitative estimate of drug-likeness (QED) is 0.290. The SMILES string of the molecule is O=C(Cc1ccc(Sc2nc(NC3=NCC(C4CC4)=C3)cc(N3CCC3)n2)cc1)c1ccccc1Cl. The monoisotopic (exact) mass is 515 g/mol. The third-order valence-electron chi connectivity index (χ3n) is 6.66. The number of hydrogen-bond acceptors (Lipinski definition) is 7. The largest absolute Gasteiger partial charge is 0.356 e. The van der Waals surface area contributed by atoms with Crippen molar-refractivity contribution in [2.45, 2.75) is 35.7 Å². The lowest BCUT2D eigenvalue weighted by molar-refractivity contribution is 0.0993. The number of aliphatic imine (C=N–C) groups is 1. The molecule has 0 amide bonds. The topological polar surface area (TPSA) is 70.5 Å². The van der Waals surface area contributed by atoms with Crippen LogP contribution in [0.1, 0.15) is 35.2 Å². The molecule has 2 fully saturated rings. The van der Waals surface area contributed by atoms with E-state index in [9.17, 15) is 4.79 Å². The van der Waals surface area contributed by atoms with Gasteiger partial charge in [-0.3, -0.25) is 9.79 Å². The number of ketones is 1. The second-order valence-corrected chi connectivity index (χ2v) is 10.8. The van der Waals surface area contributed by atoms with Crippen molar-refractivity contribution in [1.29, 1.82) is 0 Å². The minimum atomic E-state index is 0.0102. The first-order valence-electron chi connectivity index (χ1n) is 12.3. The van der Waals surface area contributed by atoms with Gasteiger partial charge in [-0.2, -0.15) is 0 Å². The summed E-state index contributed by atoms with van der Waals surface area (Å²) in [6, 6.07) is 17.2. The minimum absolute atomic E-state index is 0.0102. The molecule has 2 aliphatic heterocycles. The molecule has 1 aliphatic carbocycles. The molecular weight excluding hydrogens is 490 g/mol. The van der Waals surface area contributed by atoms with Crippen LogP contribution in [-0.2, 0) is 6.42 Å². The van der Waals surface area contributed by atoms with Crippen molar-refractivity contribution in [1.82, 2.24) is 9.97 Å². The maximum atomic E-state index is 12.7. The van der Waals surface area contributed by atoms with Gasteiger partial charge in [-0.1, -0.05) is 35.9 Å². The number of amidine groups is 1. The molecule has 0 radical (unpaired) electrons. The highest BCUT2D eigenvalue weighted by molar-refractivity contribution is 7.99. The van der Waals surface area contributed by atoms with Gasteiger partial charge in [-0.25, -0.2) is 9.97 Å². The van der Waals surface area contributed by atoms with Crippen LogP contribution in [0.4, 0.5) is 11.6 Å². The molecule has 1 aromatic heterocycles. The number of carbonyl (C=O) groups is 1. The summed E-state index contributed by atoms with van der Waals surface area (Å²) in [5.74, 6) is 3.32. The van der Waals surface area contributed by atoms with Crippen LogP contribution in [-0.4, -0.2) is 41.2 Å². The summed E-state index contributed by atoms with van der Waals surface area (Å²) in [4.78, 5) is 30.2. The van der Waals surface area contributed by atoms with E-state index in [-0.39, 0.29) is 5.78 Å². The first-order chi connectivity index (χ1) is 17.6. The van der Waals surface area contributed by atoms with Gasteiger partial charge >= 0.3 is 0 Å². The van der Waals surface area contributed by atoms with E-state index in [1.54, 1.807) is 12.1 Å². The Balaban J connectivity index is 1.16. The van der Waals surface area contributed by atoms with Crippen molar-refractivity contribution in [2.75, 3.05) is 29.9 Å². The summed E-state index contributed by atoms with van der Waals surface area (Å²) in [6.45, 7) is 2.83. The number of nitrogens with one attached hydrogen (secondary N) is 1. The molecule has 1 N–H and O–H groups in total. The molecule has 2 aromatic carbocycles. The van der Waals surface area contributed by atoms with E-state index < -0.39 is 0 Å². The number of halogens is 1. The van der Waals surface area contributed by atoms with E-state index in [2.05, 4.69) is 21.3 Å². The van der Waals surface area contributed by atoms with Gasteiger partial charge in [0.05, 0.1) is 11.6 Å². The van der Waals surface area contributed by atoms with Crippen LogP contribution >= 0.6 is 23.4 Å². The average molecular weight is 516 g/mol.